The van der Waals surface area contributed by atoms with Crippen molar-refractivity contribution in [3.05, 3.63) is 23.9 Å². The molecular weight excluding hydrogens is 264 g/mol. The molecule has 5 nitrogen and oxygen atoms in total. The number of hydrogen-bond acceptors (Lipinski definition) is 5. The van der Waals surface area contributed by atoms with E-state index in [1.165, 1.54) is 0 Å². The van der Waals surface area contributed by atoms with Gasteiger partial charge in [0.15, 0.2) is 0 Å². The highest BCUT2D eigenvalue weighted by Crippen LogP contribution is 2.16. The predicted octanol–water partition coefficient (Wildman–Crippen LogP) is 1.30. The van der Waals surface area contributed by atoms with Crippen molar-refractivity contribution in [1.82, 2.24) is 15.2 Å². The second kappa shape index (κ2) is 8.32. The number of rotatable bonds is 7. The van der Waals surface area contributed by atoms with Gasteiger partial charge in [0, 0.05) is 25.3 Å². The Kier molecular flexibility index (Phi) is 6.42. The minimum absolute atomic E-state index is 0.213. The molecule has 2 atom stereocenters. The van der Waals surface area contributed by atoms with Crippen LogP contribution in [0.25, 0.3) is 0 Å². The molecule has 1 aliphatic heterocycles. The van der Waals surface area contributed by atoms with Crippen LogP contribution >= 0.6 is 0 Å². The number of nitrogens with two attached hydrogens (primary N) is 1. The maximum Gasteiger partial charge on any atom is 0.126 e. The first-order chi connectivity index (χ1) is 10.2. The average Bonchev–Trinajstić information content (AvgIpc) is 2.53. The standard InChI is InChI=1S/C16H28N4O/c1-3-7-18-14(11-13-6-5-8-19-16(13)17)15-12-20(4-2)9-10-21-15/h5-6,8,14-15,18H,3-4,7,9-12H2,1-2H3,(H2,17,19). The number of pyridine rings is 1. The first-order valence-corrected chi connectivity index (χ1v) is 8.01. The maximum atomic E-state index is 6.02. The summed E-state index contributed by atoms with van der Waals surface area (Å²) in [6.45, 7) is 9.29. The molecule has 0 saturated carbocycles. The molecule has 21 heavy (non-hydrogen) atoms. The van der Waals surface area contributed by atoms with Crippen LogP contribution < -0.4 is 11.1 Å². The number of hydrogen-bond donors (Lipinski definition) is 2. The summed E-state index contributed by atoms with van der Waals surface area (Å²) in [6.07, 6.45) is 3.93. The van der Waals surface area contributed by atoms with Gasteiger partial charge in [-0.3, -0.25) is 4.90 Å². The monoisotopic (exact) mass is 292 g/mol. The first kappa shape index (κ1) is 16.2. The van der Waals surface area contributed by atoms with E-state index in [-0.39, 0.29) is 12.1 Å². The minimum atomic E-state index is 0.213. The molecule has 0 bridgehead atoms. The van der Waals surface area contributed by atoms with Gasteiger partial charge in [0.1, 0.15) is 5.82 Å². The summed E-state index contributed by atoms with van der Waals surface area (Å²) >= 11 is 0. The Morgan fingerprint density at radius 2 is 2.38 bits per heavy atom. The van der Waals surface area contributed by atoms with Crippen LogP contribution in [0.15, 0.2) is 18.3 Å². The van der Waals surface area contributed by atoms with E-state index < -0.39 is 0 Å². The van der Waals surface area contributed by atoms with Crippen LogP contribution in [-0.4, -0.2) is 54.8 Å². The summed E-state index contributed by atoms with van der Waals surface area (Å²) in [7, 11) is 0. The maximum absolute atomic E-state index is 6.02. The second-order valence-corrected chi connectivity index (χ2v) is 5.61. The number of nitrogen functional groups attached to an aromatic ring is 1. The van der Waals surface area contributed by atoms with E-state index in [0.29, 0.717) is 5.82 Å². The Labute approximate surface area is 127 Å². The Morgan fingerprint density at radius 3 is 3.10 bits per heavy atom. The second-order valence-electron chi connectivity index (χ2n) is 5.61. The fourth-order valence-electron chi connectivity index (χ4n) is 2.79. The van der Waals surface area contributed by atoms with Crippen molar-refractivity contribution in [1.29, 1.82) is 0 Å². The van der Waals surface area contributed by atoms with Crippen molar-refractivity contribution in [3.63, 3.8) is 0 Å². The van der Waals surface area contributed by atoms with Crippen molar-refractivity contribution in [3.8, 4) is 0 Å². The predicted molar refractivity (Wildman–Crippen MR) is 86.3 cm³/mol. The van der Waals surface area contributed by atoms with Gasteiger partial charge in [0.25, 0.3) is 0 Å². The van der Waals surface area contributed by atoms with Gasteiger partial charge in [-0.2, -0.15) is 0 Å². The summed E-state index contributed by atoms with van der Waals surface area (Å²) in [4.78, 5) is 6.63. The number of anilines is 1. The number of nitrogens with zero attached hydrogens (tertiary/aromatic N) is 2. The summed E-state index contributed by atoms with van der Waals surface area (Å²) in [6, 6.07) is 4.29. The van der Waals surface area contributed by atoms with Crippen LogP contribution in [0.2, 0.25) is 0 Å². The zero-order valence-corrected chi connectivity index (χ0v) is 13.2. The summed E-state index contributed by atoms with van der Waals surface area (Å²) < 4.78 is 6.02. The third-order valence-corrected chi connectivity index (χ3v) is 4.10. The van der Waals surface area contributed by atoms with E-state index in [1.807, 2.05) is 6.07 Å². The van der Waals surface area contributed by atoms with E-state index in [2.05, 4.69) is 35.1 Å². The van der Waals surface area contributed by atoms with Crippen molar-refractivity contribution < 1.29 is 4.74 Å². The van der Waals surface area contributed by atoms with E-state index in [0.717, 1.165) is 51.2 Å². The molecule has 0 aromatic carbocycles. The summed E-state index contributed by atoms with van der Waals surface area (Å²) in [5.41, 5.74) is 7.09. The summed E-state index contributed by atoms with van der Waals surface area (Å²) in [5.74, 6) is 0.629. The normalized spacial score (nSPS) is 21.3. The number of nitrogens with one attached hydrogen (secondary N) is 1. The molecule has 0 spiro atoms. The van der Waals surface area contributed by atoms with Crippen molar-refractivity contribution in [2.75, 3.05) is 38.5 Å². The lowest BCUT2D eigenvalue weighted by Gasteiger charge is -2.37. The molecule has 2 unspecified atom stereocenters. The quantitative estimate of drug-likeness (QED) is 0.793. The minimum Gasteiger partial charge on any atom is -0.383 e. The lowest BCUT2D eigenvalue weighted by atomic mass is 10.00. The average molecular weight is 292 g/mol. The topological polar surface area (TPSA) is 63.4 Å². The molecule has 2 rings (SSSR count). The van der Waals surface area contributed by atoms with Gasteiger partial charge in [-0.05, 0) is 37.6 Å². The third-order valence-electron chi connectivity index (χ3n) is 4.10. The van der Waals surface area contributed by atoms with Gasteiger partial charge < -0.3 is 15.8 Å². The molecule has 5 heteroatoms. The molecular formula is C16H28N4O. The third kappa shape index (κ3) is 4.66. The Bertz CT molecular complexity index is 426. The van der Waals surface area contributed by atoms with Crippen LogP contribution in [0.5, 0.6) is 0 Å². The van der Waals surface area contributed by atoms with Crippen LogP contribution in [0.4, 0.5) is 5.82 Å². The molecule has 0 amide bonds. The zero-order chi connectivity index (χ0) is 15.1. The molecule has 0 aliphatic carbocycles. The van der Waals surface area contributed by atoms with Gasteiger partial charge in [0.05, 0.1) is 12.7 Å². The van der Waals surface area contributed by atoms with E-state index in [4.69, 9.17) is 10.5 Å². The van der Waals surface area contributed by atoms with E-state index >= 15 is 0 Å². The van der Waals surface area contributed by atoms with Gasteiger partial charge >= 0.3 is 0 Å². The van der Waals surface area contributed by atoms with E-state index in [1.54, 1.807) is 6.20 Å². The Morgan fingerprint density at radius 1 is 1.52 bits per heavy atom. The molecule has 1 aromatic heterocycles. The molecule has 1 aliphatic rings. The van der Waals surface area contributed by atoms with Crippen molar-refractivity contribution in [2.24, 2.45) is 0 Å². The van der Waals surface area contributed by atoms with Crippen LogP contribution in [0, 0.1) is 0 Å². The van der Waals surface area contributed by atoms with Gasteiger partial charge in [0.2, 0.25) is 0 Å². The van der Waals surface area contributed by atoms with Gasteiger partial charge in [-0.1, -0.05) is 19.9 Å². The molecule has 118 valence electrons. The molecule has 2 heterocycles. The fourth-order valence-corrected chi connectivity index (χ4v) is 2.79. The largest absolute Gasteiger partial charge is 0.383 e. The lowest BCUT2D eigenvalue weighted by Crippen LogP contribution is -2.53. The first-order valence-electron chi connectivity index (χ1n) is 8.01. The van der Waals surface area contributed by atoms with Gasteiger partial charge in [-0.25, -0.2) is 4.98 Å². The SMILES string of the molecule is CCCNC(Cc1cccnc1N)C1CN(CC)CCO1. The zero-order valence-electron chi connectivity index (χ0n) is 13.2. The molecule has 1 aromatic rings. The smallest absolute Gasteiger partial charge is 0.126 e. The molecule has 3 N–H and O–H groups in total. The molecule has 1 saturated heterocycles. The lowest BCUT2D eigenvalue weighted by molar-refractivity contribution is -0.0447. The van der Waals surface area contributed by atoms with Crippen LogP contribution in [0.1, 0.15) is 25.8 Å². The van der Waals surface area contributed by atoms with Crippen LogP contribution in [0.3, 0.4) is 0 Å². The number of aromatic nitrogens is 1. The molecule has 0 radical (unpaired) electrons. The highest BCUT2D eigenvalue weighted by Gasteiger charge is 2.27. The van der Waals surface area contributed by atoms with E-state index in [9.17, 15) is 0 Å². The highest BCUT2D eigenvalue weighted by atomic mass is 16.5. The fraction of sp³-hybridized carbons (Fsp3) is 0.688. The Hall–Kier alpha value is -1.17. The molecule has 1 fully saturated rings. The summed E-state index contributed by atoms with van der Waals surface area (Å²) in [5, 5.41) is 3.62. The van der Waals surface area contributed by atoms with Crippen molar-refractivity contribution >= 4 is 5.82 Å². The van der Waals surface area contributed by atoms with Gasteiger partial charge in [-0.15, -0.1) is 0 Å². The number of likely N-dealkylation sites (N-methyl/N-ethyl adjacent to an activating group) is 1. The number of ether oxygens (including phenoxy) is 1. The Balaban J connectivity index is 2.05. The van der Waals surface area contributed by atoms with Crippen LogP contribution in [-0.2, 0) is 11.2 Å². The number of morpholine rings is 1. The highest BCUT2D eigenvalue weighted by molar-refractivity contribution is 5.39. The van der Waals surface area contributed by atoms with Crippen molar-refractivity contribution in [2.45, 2.75) is 38.8 Å².